The monoisotopic (exact) mass is 790 g/mol. The van der Waals surface area contributed by atoms with Gasteiger partial charge < -0.3 is 0 Å². The quantitative estimate of drug-likeness (QED) is 0.151. The van der Waals surface area contributed by atoms with Crippen LogP contribution in [0, 0.1) is 5.92 Å². The van der Waals surface area contributed by atoms with E-state index in [4.69, 9.17) is 19.9 Å². The van der Waals surface area contributed by atoms with E-state index < -0.39 is 5.41 Å². The third-order valence-electron chi connectivity index (χ3n) is 11.7. The molecule has 3 atom stereocenters. The molecule has 4 nitrogen and oxygen atoms in total. The van der Waals surface area contributed by atoms with Crippen LogP contribution in [0.25, 0.3) is 67.3 Å². The van der Waals surface area contributed by atoms with Crippen LogP contribution in [-0.2, 0) is 5.41 Å². The van der Waals surface area contributed by atoms with Gasteiger partial charge in [0.1, 0.15) is 0 Å². The molecule has 10 rings (SSSR count). The molecular formula is C55H42N4S. The third kappa shape index (κ3) is 7.33. The molecule has 3 unspecified atom stereocenters. The van der Waals surface area contributed by atoms with Gasteiger partial charge in [0.2, 0.25) is 0 Å². The molecule has 0 saturated heterocycles. The third-order valence-corrected chi connectivity index (χ3v) is 12.8. The van der Waals surface area contributed by atoms with Crippen molar-refractivity contribution in [2.45, 2.75) is 23.5 Å². The highest BCUT2D eigenvalue weighted by Gasteiger charge is 2.43. The molecule has 0 spiro atoms. The highest BCUT2D eigenvalue weighted by atomic mass is 32.2. The minimum Gasteiger partial charge on any atom is -0.256 e. The molecule has 0 bridgehead atoms. The second-order valence-electron chi connectivity index (χ2n) is 15.3. The van der Waals surface area contributed by atoms with Crippen molar-refractivity contribution in [2.75, 3.05) is 0 Å². The Balaban J connectivity index is 1.05. The second-order valence-corrected chi connectivity index (χ2v) is 16.4. The lowest BCUT2D eigenvalue weighted by atomic mass is 9.63. The van der Waals surface area contributed by atoms with Crippen LogP contribution in [0.2, 0.25) is 0 Å². The van der Waals surface area contributed by atoms with Crippen LogP contribution in [0.15, 0.2) is 218 Å². The first kappa shape index (κ1) is 37.3. The molecule has 5 heteroatoms. The minimum atomic E-state index is -0.449. The van der Waals surface area contributed by atoms with Crippen LogP contribution in [-0.4, -0.2) is 25.2 Å². The number of allylic oxidation sites excluding steroid dienone is 6. The molecule has 0 radical (unpaired) electrons. The molecule has 0 saturated carbocycles. The first-order chi connectivity index (χ1) is 29.7. The van der Waals surface area contributed by atoms with Crippen LogP contribution < -0.4 is 0 Å². The largest absolute Gasteiger partial charge is 0.256 e. The van der Waals surface area contributed by atoms with Gasteiger partial charge in [-0.2, -0.15) is 0 Å². The zero-order chi connectivity index (χ0) is 40.1. The lowest BCUT2D eigenvalue weighted by molar-refractivity contribution is 0.470. The van der Waals surface area contributed by atoms with Crippen molar-refractivity contribution >= 4 is 22.7 Å². The number of nitrogens with zero attached hydrogens (tertiary/aromatic N) is 4. The van der Waals surface area contributed by atoms with Gasteiger partial charge in [0.15, 0.2) is 17.5 Å². The van der Waals surface area contributed by atoms with Crippen molar-refractivity contribution in [3.05, 3.63) is 229 Å². The Morgan fingerprint density at radius 1 is 0.467 bits per heavy atom. The van der Waals surface area contributed by atoms with E-state index in [-0.39, 0.29) is 11.2 Å². The van der Waals surface area contributed by atoms with E-state index in [0.29, 0.717) is 17.5 Å². The standard InChI is InChI=1S/C55H42N4S/c1-2-12-38-60-50-23-10-9-22-49(50)55(36-11-1,46-32-28-40(29-33-46)39-24-26-41(27-25-39)48-21-13-19-42-20-14-37-56-51(42)48)47-34-30-45(31-35-47)54-58-52(43-15-5-3-6-16-43)57-53(59-54)44-17-7-4-8-18-44/h3-38,49-50H,1-2H2/b36-11+,38-12+. The zero-order valence-corrected chi connectivity index (χ0v) is 33.9. The number of pyridine rings is 1. The van der Waals surface area contributed by atoms with Crippen LogP contribution >= 0.6 is 11.8 Å². The fourth-order valence-electron chi connectivity index (χ4n) is 8.61. The Morgan fingerprint density at radius 3 is 1.65 bits per heavy atom. The summed E-state index contributed by atoms with van der Waals surface area (Å²) in [6.45, 7) is 0. The van der Waals surface area contributed by atoms with Crippen LogP contribution in [0.4, 0.5) is 0 Å². The number of fused-ring (bicyclic) bond motifs is 2. The molecule has 3 heterocycles. The van der Waals surface area contributed by atoms with Gasteiger partial charge in [0.05, 0.1) is 5.52 Å². The lowest BCUT2D eigenvalue weighted by Crippen LogP contribution is -2.39. The molecular weight excluding hydrogens is 749 g/mol. The highest BCUT2D eigenvalue weighted by molar-refractivity contribution is 8.02. The molecule has 0 amide bonds. The predicted molar refractivity (Wildman–Crippen MR) is 250 cm³/mol. The number of aromatic nitrogens is 4. The van der Waals surface area contributed by atoms with Gasteiger partial charge >= 0.3 is 0 Å². The summed E-state index contributed by atoms with van der Waals surface area (Å²) in [5.41, 5.74) is 10.6. The van der Waals surface area contributed by atoms with Gasteiger partial charge in [0.25, 0.3) is 0 Å². The van der Waals surface area contributed by atoms with Crippen molar-refractivity contribution in [3.8, 4) is 56.4 Å². The normalized spacial score (nSPS) is 19.7. The Hall–Kier alpha value is -6.95. The van der Waals surface area contributed by atoms with E-state index in [1.165, 1.54) is 22.3 Å². The summed E-state index contributed by atoms with van der Waals surface area (Å²) < 4.78 is 0. The fraction of sp³-hybridized carbons (Fsp3) is 0.0909. The van der Waals surface area contributed by atoms with Crippen LogP contribution in [0.5, 0.6) is 0 Å². The van der Waals surface area contributed by atoms with Crippen molar-refractivity contribution in [1.29, 1.82) is 0 Å². The molecule has 0 fully saturated rings. The summed E-state index contributed by atoms with van der Waals surface area (Å²) in [5, 5.41) is 3.69. The van der Waals surface area contributed by atoms with E-state index in [0.717, 1.165) is 51.6 Å². The minimum absolute atomic E-state index is 0.156. The summed E-state index contributed by atoms with van der Waals surface area (Å²) in [4.78, 5) is 19.7. The first-order valence-corrected chi connectivity index (χ1v) is 21.5. The number of thioether (sulfide) groups is 1. The molecule has 0 N–H and O–H groups in total. The fourth-order valence-corrected chi connectivity index (χ4v) is 9.69. The molecule has 8 aromatic rings. The van der Waals surface area contributed by atoms with Crippen molar-refractivity contribution in [2.24, 2.45) is 5.92 Å². The number of benzene rings is 6. The van der Waals surface area contributed by atoms with Crippen molar-refractivity contribution in [3.63, 3.8) is 0 Å². The van der Waals surface area contributed by atoms with Gasteiger partial charge in [-0.3, -0.25) is 4.98 Å². The van der Waals surface area contributed by atoms with E-state index in [1.54, 1.807) is 0 Å². The Morgan fingerprint density at radius 2 is 1.00 bits per heavy atom. The van der Waals surface area contributed by atoms with E-state index in [9.17, 15) is 0 Å². The second kappa shape index (κ2) is 16.7. The summed E-state index contributed by atoms with van der Waals surface area (Å²) in [7, 11) is 0. The summed E-state index contributed by atoms with van der Waals surface area (Å²) in [5.74, 6) is 2.12. The molecule has 2 aromatic heterocycles. The van der Waals surface area contributed by atoms with E-state index in [2.05, 4.69) is 145 Å². The van der Waals surface area contributed by atoms with E-state index in [1.807, 2.05) is 84.7 Å². The van der Waals surface area contributed by atoms with Gasteiger partial charge in [-0.15, -0.1) is 11.8 Å². The van der Waals surface area contributed by atoms with Crippen LogP contribution in [0.1, 0.15) is 24.0 Å². The number of hydrogen-bond donors (Lipinski definition) is 0. The van der Waals surface area contributed by atoms with Crippen LogP contribution in [0.3, 0.4) is 0 Å². The average Bonchev–Trinajstić information content (AvgIpc) is 3.33. The molecule has 6 aromatic carbocycles. The lowest BCUT2D eigenvalue weighted by Gasteiger charge is -2.42. The van der Waals surface area contributed by atoms with Gasteiger partial charge in [-0.05, 0) is 52.1 Å². The molecule has 1 aliphatic heterocycles. The Kier molecular flexibility index (Phi) is 10.4. The SMILES string of the molecule is C1=CC2S/C=C/CC/C=C/C(c3ccc(-c4ccc(-c5cccc6cccnc56)cc4)cc3)(c3ccc(-c4nc(-c5ccccc5)nc(-c5ccccc5)n4)cc3)C2C=C1. The number of rotatable bonds is 7. The molecule has 60 heavy (non-hydrogen) atoms. The zero-order valence-electron chi connectivity index (χ0n) is 33.1. The predicted octanol–water partition coefficient (Wildman–Crippen LogP) is 13.7. The Labute approximate surface area is 355 Å². The summed E-state index contributed by atoms with van der Waals surface area (Å²) in [6.07, 6.45) is 20.2. The highest BCUT2D eigenvalue weighted by Crippen LogP contribution is 2.48. The maximum atomic E-state index is 5.04. The van der Waals surface area contributed by atoms with E-state index >= 15 is 0 Å². The van der Waals surface area contributed by atoms with Gasteiger partial charge in [0, 0.05) is 50.4 Å². The maximum Gasteiger partial charge on any atom is 0.164 e. The molecule has 288 valence electrons. The summed E-state index contributed by atoms with van der Waals surface area (Å²) >= 11 is 1.91. The maximum absolute atomic E-state index is 5.04. The topological polar surface area (TPSA) is 51.6 Å². The van der Waals surface area contributed by atoms with Crippen molar-refractivity contribution in [1.82, 2.24) is 19.9 Å². The Bertz CT molecular complexity index is 2820. The molecule has 1 aliphatic carbocycles. The van der Waals surface area contributed by atoms with Gasteiger partial charge in [-0.25, -0.2) is 15.0 Å². The summed E-state index contributed by atoms with van der Waals surface area (Å²) in [6, 6.07) is 57.9. The average molecular weight is 791 g/mol. The number of hydrogen-bond acceptors (Lipinski definition) is 5. The number of para-hydroxylation sites is 1. The molecule has 2 aliphatic rings. The first-order valence-electron chi connectivity index (χ1n) is 20.6. The van der Waals surface area contributed by atoms with Gasteiger partial charge in [-0.1, -0.05) is 200 Å². The van der Waals surface area contributed by atoms with Crippen molar-refractivity contribution < 1.29 is 0 Å². The smallest absolute Gasteiger partial charge is 0.164 e.